The SMILES string of the molecule is CCNC(=NCc1ccccc1OCC(F)(F)F)NCc1nnc2ccccn12.I. The summed E-state index contributed by atoms with van der Waals surface area (Å²) in [7, 11) is 0. The van der Waals surface area contributed by atoms with E-state index in [1.54, 1.807) is 18.2 Å². The first-order valence-corrected chi connectivity index (χ1v) is 9.04. The minimum atomic E-state index is -4.39. The predicted octanol–water partition coefficient (Wildman–Crippen LogP) is 3.54. The maximum atomic E-state index is 12.4. The van der Waals surface area contributed by atoms with Crippen LogP contribution >= 0.6 is 24.0 Å². The Labute approximate surface area is 188 Å². The number of pyridine rings is 1. The van der Waals surface area contributed by atoms with Crippen LogP contribution in [0.4, 0.5) is 13.2 Å². The van der Waals surface area contributed by atoms with E-state index in [2.05, 4.69) is 25.8 Å². The Kier molecular flexibility index (Phi) is 8.69. The molecular weight excluding hydrogens is 512 g/mol. The maximum absolute atomic E-state index is 12.4. The van der Waals surface area contributed by atoms with Gasteiger partial charge in [0.25, 0.3) is 0 Å². The van der Waals surface area contributed by atoms with Crippen molar-refractivity contribution in [2.75, 3.05) is 13.2 Å². The summed E-state index contributed by atoms with van der Waals surface area (Å²) in [5.74, 6) is 1.37. The number of benzene rings is 1. The Hall–Kier alpha value is -2.57. The number of ether oxygens (including phenoxy) is 1. The number of hydrogen-bond donors (Lipinski definition) is 2. The quantitative estimate of drug-likeness (QED) is 0.276. The molecule has 30 heavy (non-hydrogen) atoms. The van der Waals surface area contributed by atoms with E-state index in [1.807, 2.05) is 35.7 Å². The lowest BCUT2D eigenvalue weighted by molar-refractivity contribution is -0.153. The molecule has 0 atom stereocenters. The van der Waals surface area contributed by atoms with Crippen LogP contribution in [-0.2, 0) is 13.1 Å². The number of hydrogen-bond acceptors (Lipinski definition) is 4. The number of para-hydroxylation sites is 1. The molecule has 2 heterocycles. The van der Waals surface area contributed by atoms with Gasteiger partial charge in [-0.05, 0) is 25.1 Å². The van der Waals surface area contributed by atoms with Gasteiger partial charge in [0, 0.05) is 18.3 Å². The molecule has 11 heteroatoms. The fraction of sp³-hybridized carbons (Fsp3) is 0.316. The van der Waals surface area contributed by atoms with Crippen LogP contribution in [0.3, 0.4) is 0 Å². The first kappa shape index (κ1) is 23.7. The summed E-state index contributed by atoms with van der Waals surface area (Å²) in [6.07, 6.45) is -2.53. The number of fused-ring (bicyclic) bond motifs is 1. The van der Waals surface area contributed by atoms with E-state index in [0.717, 1.165) is 5.65 Å². The van der Waals surface area contributed by atoms with Crippen molar-refractivity contribution < 1.29 is 17.9 Å². The van der Waals surface area contributed by atoms with E-state index in [0.29, 0.717) is 30.4 Å². The second-order valence-corrected chi connectivity index (χ2v) is 6.11. The fourth-order valence-electron chi connectivity index (χ4n) is 2.62. The summed E-state index contributed by atoms with van der Waals surface area (Å²) in [6, 6.07) is 12.2. The minimum Gasteiger partial charge on any atom is -0.484 e. The molecule has 1 aromatic carbocycles. The zero-order chi connectivity index (χ0) is 20.7. The number of aliphatic imine (C=N–C) groups is 1. The van der Waals surface area contributed by atoms with Crippen LogP contribution in [0.5, 0.6) is 5.75 Å². The summed E-state index contributed by atoms with van der Waals surface area (Å²) in [6.45, 7) is 1.74. The second-order valence-electron chi connectivity index (χ2n) is 6.11. The highest BCUT2D eigenvalue weighted by molar-refractivity contribution is 14.0. The third-order valence-electron chi connectivity index (χ3n) is 3.91. The van der Waals surface area contributed by atoms with Crippen LogP contribution in [0.2, 0.25) is 0 Å². The molecule has 0 amide bonds. The van der Waals surface area contributed by atoms with Gasteiger partial charge in [0.1, 0.15) is 5.75 Å². The Morgan fingerprint density at radius 2 is 1.87 bits per heavy atom. The second kappa shape index (κ2) is 11.0. The number of aromatic nitrogens is 3. The molecule has 7 nitrogen and oxygen atoms in total. The molecule has 162 valence electrons. The topological polar surface area (TPSA) is 75.8 Å². The first-order chi connectivity index (χ1) is 14.0. The van der Waals surface area contributed by atoms with Gasteiger partial charge in [-0.1, -0.05) is 24.3 Å². The third-order valence-corrected chi connectivity index (χ3v) is 3.91. The van der Waals surface area contributed by atoms with Crippen molar-refractivity contribution in [2.24, 2.45) is 4.99 Å². The van der Waals surface area contributed by atoms with Crippen molar-refractivity contribution in [3.8, 4) is 5.75 Å². The van der Waals surface area contributed by atoms with Crippen molar-refractivity contribution >= 4 is 35.6 Å². The van der Waals surface area contributed by atoms with Gasteiger partial charge in [-0.2, -0.15) is 13.2 Å². The van der Waals surface area contributed by atoms with Crippen LogP contribution in [0.15, 0.2) is 53.7 Å². The Balaban J connectivity index is 0.00000320. The lowest BCUT2D eigenvalue weighted by Gasteiger charge is -2.13. The van der Waals surface area contributed by atoms with E-state index in [9.17, 15) is 13.2 Å². The predicted molar refractivity (Wildman–Crippen MR) is 118 cm³/mol. The van der Waals surface area contributed by atoms with Gasteiger partial charge in [-0.25, -0.2) is 4.99 Å². The molecule has 2 N–H and O–H groups in total. The van der Waals surface area contributed by atoms with Gasteiger partial charge in [0.2, 0.25) is 0 Å². The molecule has 2 aromatic heterocycles. The van der Waals surface area contributed by atoms with Crippen LogP contribution < -0.4 is 15.4 Å². The van der Waals surface area contributed by atoms with Crippen molar-refractivity contribution in [1.82, 2.24) is 25.2 Å². The molecule has 0 radical (unpaired) electrons. The van der Waals surface area contributed by atoms with E-state index in [-0.39, 0.29) is 36.3 Å². The number of alkyl halides is 3. The van der Waals surface area contributed by atoms with Crippen LogP contribution in [0.25, 0.3) is 5.65 Å². The van der Waals surface area contributed by atoms with Crippen LogP contribution in [0, 0.1) is 0 Å². The van der Waals surface area contributed by atoms with E-state index < -0.39 is 12.8 Å². The van der Waals surface area contributed by atoms with Crippen molar-refractivity contribution in [3.63, 3.8) is 0 Å². The first-order valence-electron chi connectivity index (χ1n) is 9.04. The average molecular weight is 534 g/mol. The molecular formula is C19H22F3IN6O. The number of halogens is 4. The summed E-state index contributed by atoms with van der Waals surface area (Å²) < 4.78 is 44.1. The van der Waals surface area contributed by atoms with Crippen LogP contribution in [0.1, 0.15) is 18.3 Å². The van der Waals surface area contributed by atoms with Gasteiger partial charge < -0.3 is 15.4 Å². The van der Waals surface area contributed by atoms with E-state index in [1.165, 1.54) is 6.07 Å². The molecule has 0 aliphatic heterocycles. The molecule has 0 bridgehead atoms. The van der Waals surface area contributed by atoms with Gasteiger partial charge in [0.05, 0.1) is 13.1 Å². The van der Waals surface area contributed by atoms with Gasteiger partial charge >= 0.3 is 6.18 Å². The number of nitrogens with one attached hydrogen (secondary N) is 2. The Morgan fingerprint density at radius 3 is 2.63 bits per heavy atom. The highest BCUT2D eigenvalue weighted by atomic mass is 127. The highest BCUT2D eigenvalue weighted by Crippen LogP contribution is 2.22. The smallest absolute Gasteiger partial charge is 0.422 e. The summed E-state index contributed by atoms with van der Waals surface area (Å²) in [5.41, 5.74) is 1.30. The molecule has 0 aliphatic carbocycles. The molecule has 0 unspecified atom stereocenters. The van der Waals surface area contributed by atoms with Gasteiger partial charge in [-0.3, -0.25) is 4.40 Å². The summed E-state index contributed by atoms with van der Waals surface area (Å²) in [5, 5.41) is 14.5. The molecule has 0 saturated heterocycles. The van der Waals surface area contributed by atoms with Crippen molar-refractivity contribution in [3.05, 3.63) is 60.0 Å². The standard InChI is InChI=1S/C19H21F3N6O.HI/c1-2-23-18(25-12-17-27-26-16-9-5-6-10-28(16)17)24-11-14-7-3-4-8-15(14)29-13-19(20,21)22;/h3-10H,2,11-13H2,1H3,(H2,23,24,25);1H. The average Bonchev–Trinajstić information content (AvgIpc) is 3.12. The number of guanidine groups is 1. The molecule has 0 fully saturated rings. The van der Waals surface area contributed by atoms with Crippen molar-refractivity contribution in [1.29, 1.82) is 0 Å². The lowest BCUT2D eigenvalue weighted by Crippen LogP contribution is -2.37. The van der Waals surface area contributed by atoms with Gasteiger partial charge in [0.15, 0.2) is 24.0 Å². The Bertz CT molecular complexity index is 976. The summed E-state index contributed by atoms with van der Waals surface area (Å²) >= 11 is 0. The minimum absolute atomic E-state index is 0. The lowest BCUT2D eigenvalue weighted by atomic mass is 10.2. The molecule has 0 aliphatic rings. The highest BCUT2D eigenvalue weighted by Gasteiger charge is 2.28. The largest absolute Gasteiger partial charge is 0.484 e. The normalized spacial score (nSPS) is 11.8. The zero-order valence-electron chi connectivity index (χ0n) is 16.2. The van der Waals surface area contributed by atoms with E-state index >= 15 is 0 Å². The number of nitrogens with zero attached hydrogens (tertiary/aromatic N) is 4. The van der Waals surface area contributed by atoms with Gasteiger partial charge in [-0.15, -0.1) is 34.2 Å². The molecule has 3 rings (SSSR count). The third kappa shape index (κ3) is 6.75. The summed E-state index contributed by atoms with van der Waals surface area (Å²) in [4.78, 5) is 4.44. The maximum Gasteiger partial charge on any atom is 0.422 e. The van der Waals surface area contributed by atoms with Crippen molar-refractivity contribution in [2.45, 2.75) is 26.2 Å². The fourth-order valence-corrected chi connectivity index (χ4v) is 2.62. The number of rotatable bonds is 7. The molecule has 0 spiro atoms. The molecule has 0 saturated carbocycles. The zero-order valence-corrected chi connectivity index (χ0v) is 18.5. The van der Waals surface area contributed by atoms with E-state index in [4.69, 9.17) is 4.74 Å². The molecule has 3 aromatic rings. The van der Waals surface area contributed by atoms with Crippen LogP contribution in [-0.4, -0.2) is 39.9 Å². The monoisotopic (exact) mass is 534 g/mol. The Morgan fingerprint density at radius 1 is 1.10 bits per heavy atom.